The number of nitrogens with zero attached hydrogens (tertiary/aromatic N) is 3. The Bertz CT molecular complexity index is 1070. The zero-order valence-corrected chi connectivity index (χ0v) is 21.3. The minimum atomic E-state index is -1.26. The number of rotatable bonds is 9. The maximum atomic E-state index is 13.3. The molecule has 34 heavy (non-hydrogen) atoms. The van der Waals surface area contributed by atoms with Crippen molar-refractivity contribution in [2.75, 3.05) is 0 Å². The van der Waals surface area contributed by atoms with Crippen LogP contribution in [0.15, 0.2) is 29.1 Å². The van der Waals surface area contributed by atoms with Gasteiger partial charge in [-0.25, -0.2) is 9.78 Å². The molecule has 2 aromatic rings. The second-order valence-corrected chi connectivity index (χ2v) is 10.8. The van der Waals surface area contributed by atoms with E-state index in [0.717, 1.165) is 25.2 Å². The summed E-state index contributed by atoms with van der Waals surface area (Å²) in [5, 5.41) is 9.64. The maximum absolute atomic E-state index is 13.3. The Balaban J connectivity index is 1.73. The number of aromatic carboxylic acids is 1. The largest absolute Gasteiger partial charge is 0.476 e. The van der Waals surface area contributed by atoms with Crippen LogP contribution in [0.1, 0.15) is 108 Å². The van der Waals surface area contributed by atoms with E-state index in [-0.39, 0.29) is 11.6 Å². The van der Waals surface area contributed by atoms with Gasteiger partial charge in [0.15, 0.2) is 0 Å². The summed E-state index contributed by atoms with van der Waals surface area (Å²) in [6, 6.07) is 8.08. The number of hydrogen-bond acceptors (Lipinski definition) is 4. The van der Waals surface area contributed by atoms with Crippen LogP contribution in [0.5, 0.6) is 0 Å². The van der Waals surface area contributed by atoms with Gasteiger partial charge in [-0.3, -0.25) is 9.69 Å². The van der Waals surface area contributed by atoms with Crippen LogP contribution in [0.2, 0.25) is 0 Å². The Hall–Kier alpha value is -2.21. The third kappa shape index (κ3) is 4.53. The monoisotopic (exact) mass is 467 g/mol. The van der Waals surface area contributed by atoms with Crippen molar-refractivity contribution in [3.05, 3.63) is 40.3 Å². The van der Waals surface area contributed by atoms with Gasteiger partial charge in [-0.1, -0.05) is 51.7 Å². The van der Waals surface area contributed by atoms with Crippen LogP contribution in [-0.4, -0.2) is 43.1 Å². The number of carbonyl (C=O) groups is 1. The highest BCUT2D eigenvalue weighted by molar-refractivity contribution is 5.88. The number of para-hydroxylation sites is 2. The molecule has 2 aliphatic carbocycles. The van der Waals surface area contributed by atoms with E-state index in [1.54, 1.807) is 10.6 Å². The second-order valence-electron chi connectivity index (χ2n) is 10.8. The van der Waals surface area contributed by atoms with Crippen molar-refractivity contribution in [2.45, 2.75) is 116 Å². The molecule has 2 aliphatic rings. The summed E-state index contributed by atoms with van der Waals surface area (Å²) in [6.07, 6.45) is 12.2. The van der Waals surface area contributed by atoms with Crippen molar-refractivity contribution in [2.24, 2.45) is 5.92 Å². The first-order chi connectivity index (χ1) is 16.3. The summed E-state index contributed by atoms with van der Waals surface area (Å²) in [6.45, 7) is 8.99. The topological polar surface area (TPSA) is 75.4 Å². The predicted molar refractivity (Wildman–Crippen MR) is 137 cm³/mol. The third-order valence-corrected chi connectivity index (χ3v) is 8.71. The Kier molecular flexibility index (Phi) is 7.46. The van der Waals surface area contributed by atoms with E-state index in [1.807, 2.05) is 18.2 Å². The molecule has 2 fully saturated rings. The Labute approximate surface area is 203 Å². The number of fused-ring (bicyclic) bond motifs is 3. The van der Waals surface area contributed by atoms with Gasteiger partial charge in [0.2, 0.25) is 5.69 Å². The van der Waals surface area contributed by atoms with Gasteiger partial charge in [-0.2, -0.15) is 0 Å². The maximum Gasteiger partial charge on any atom is 0.360 e. The average molecular weight is 468 g/mol. The van der Waals surface area contributed by atoms with Gasteiger partial charge in [-0.15, -0.1) is 0 Å². The van der Waals surface area contributed by atoms with Crippen LogP contribution >= 0.6 is 0 Å². The van der Waals surface area contributed by atoms with Crippen LogP contribution in [0.4, 0.5) is 0 Å². The van der Waals surface area contributed by atoms with Crippen LogP contribution in [-0.2, 0) is 0 Å². The van der Waals surface area contributed by atoms with Crippen LogP contribution in [0, 0.1) is 5.92 Å². The lowest BCUT2D eigenvalue weighted by Gasteiger charge is -2.57. The summed E-state index contributed by atoms with van der Waals surface area (Å²) in [5.74, 6) is -0.409. The van der Waals surface area contributed by atoms with E-state index >= 15 is 0 Å². The molecule has 4 rings (SSSR count). The molecule has 1 aromatic carbocycles. The fraction of sp³-hybridized carbons (Fsp3) is 0.679. The number of carboxylic acid groups (broad SMARTS) is 1. The normalized spacial score (nSPS) is 25.3. The Morgan fingerprint density at radius 2 is 1.85 bits per heavy atom. The van der Waals surface area contributed by atoms with Crippen molar-refractivity contribution in [1.29, 1.82) is 0 Å². The number of benzene rings is 1. The molecular weight excluding hydrogens is 426 g/mol. The molecule has 3 atom stereocenters. The Morgan fingerprint density at radius 3 is 2.47 bits per heavy atom. The van der Waals surface area contributed by atoms with Crippen molar-refractivity contribution < 1.29 is 9.90 Å². The molecule has 1 heterocycles. The summed E-state index contributed by atoms with van der Waals surface area (Å²) in [4.78, 5) is 32.1. The first kappa shape index (κ1) is 24.9. The highest BCUT2D eigenvalue weighted by atomic mass is 16.4. The molecular formula is C28H41N3O3. The fourth-order valence-electron chi connectivity index (χ4n) is 7.14. The lowest BCUT2D eigenvalue weighted by molar-refractivity contribution is -0.0622. The SMILES string of the molecule is CC[C@@H](C[C@H](C)n1c(=O)c(C(=O)O)nc2ccccc21)N([C@@H](C)CC)C12CCCC(CCC1)C2. The zero-order valence-electron chi connectivity index (χ0n) is 21.3. The molecule has 0 unspecified atom stereocenters. The molecule has 1 aromatic heterocycles. The standard InChI is InChI=1S/C28H41N3O3/c1-5-19(3)31(28-15-9-11-21(18-28)12-10-16-28)22(6-2)17-20(4)30-24-14-8-7-13-23(24)29-25(26(30)32)27(33)34/h7-8,13-14,19-22H,5-6,9-12,15-18H2,1-4H3,(H,33,34)/t19-,20-,21?,22-,28?/m0/s1. The predicted octanol–water partition coefficient (Wildman–Crippen LogP) is 6.04. The molecule has 2 saturated carbocycles. The van der Waals surface area contributed by atoms with E-state index in [2.05, 4.69) is 37.6 Å². The lowest BCUT2D eigenvalue weighted by atomic mass is 9.65. The number of carboxylic acids is 1. The molecule has 186 valence electrons. The van der Waals surface area contributed by atoms with Crippen molar-refractivity contribution in [3.63, 3.8) is 0 Å². The first-order valence-electron chi connectivity index (χ1n) is 13.3. The number of aromatic nitrogens is 2. The lowest BCUT2D eigenvalue weighted by Crippen LogP contribution is -2.60. The molecule has 0 amide bonds. The van der Waals surface area contributed by atoms with Crippen LogP contribution in [0.25, 0.3) is 11.0 Å². The molecule has 2 bridgehead atoms. The smallest absolute Gasteiger partial charge is 0.360 e. The quantitative estimate of drug-likeness (QED) is 0.487. The van der Waals surface area contributed by atoms with E-state index < -0.39 is 17.2 Å². The molecule has 0 spiro atoms. The summed E-state index contributed by atoms with van der Waals surface area (Å²) >= 11 is 0. The molecule has 6 heteroatoms. The zero-order chi connectivity index (χ0) is 24.5. The second kappa shape index (κ2) is 10.2. The Morgan fingerprint density at radius 1 is 1.18 bits per heavy atom. The van der Waals surface area contributed by atoms with Gasteiger partial charge in [0, 0.05) is 23.7 Å². The molecule has 0 saturated heterocycles. The summed E-state index contributed by atoms with van der Waals surface area (Å²) in [7, 11) is 0. The van der Waals surface area contributed by atoms with Gasteiger partial charge in [-0.05, 0) is 70.4 Å². The van der Waals surface area contributed by atoms with Gasteiger partial charge in [0.1, 0.15) is 0 Å². The molecule has 1 N–H and O–H groups in total. The third-order valence-electron chi connectivity index (χ3n) is 8.71. The average Bonchev–Trinajstić information content (AvgIpc) is 2.82. The van der Waals surface area contributed by atoms with Gasteiger partial charge >= 0.3 is 5.97 Å². The van der Waals surface area contributed by atoms with E-state index in [1.165, 1.54) is 44.9 Å². The van der Waals surface area contributed by atoms with E-state index in [4.69, 9.17) is 0 Å². The summed E-state index contributed by atoms with van der Waals surface area (Å²) < 4.78 is 1.69. The van der Waals surface area contributed by atoms with Crippen molar-refractivity contribution in [1.82, 2.24) is 14.5 Å². The minimum Gasteiger partial charge on any atom is -0.476 e. The first-order valence-corrected chi connectivity index (χ1v) is 13.3. The fourth-order valence-corrected chi connectivity index (χ4v) is 7.14. The highest BCUT2D eigenvalue weighted by Gasteiger charge is 2.47. The number of hydrogen-bond donors (Lipinski definition) is 1. The van der Waals surface area contributed by atoms with Gasteiger partial charge in [0.25, 0.3) is 5.56 Å². The van der Waals surface area contributed by atoms with Gasteiger partial charge < -0.3 is 9.67 Å². The van der Waals surface area contributed by atoms with Gasteiger partial charge in [0.05, 0.1) is 11.0 Å². The molecule has 0 radical (unpaired) electrons. The molecule has 0 aliphatic heterocycles. The molecule has 6 nitrogen and oxygen atoms in total. The summed E-state index contributed by atoms with van der Waals surface area (Å²) in [5.41, 5.74) is 0.646. The van der Waals surface area contributed by atoms with E-state index in [0.29, 0.717) is 23.1 Å². The minimum absolute atomic E-state index is 0.130. The van der Waals surface area contributed by atoms with E-state index in [9.17, 15) is 14.7 Å². The van der Waals surface area contributed by atoms with Crippen LogP contribution in [0.3, 0.4) is 0 Å². The van der Waals surface area contributed by atoms with Crippen LogP contribution < -0.4 is 5.56 Å². The van der Waals surface area contributed by atoms with Crippen molar-refractivity contribution >= 4 is 17.0 Å². The van der Waals surface area contributed by atoms with Crippen molar-refractivity contribution in [3.8, 4) is 0 Å². The highest BCUT2D eigenvalue weighted by Crippen LogP contribution is 2.49.